The molecule has 0 aromatic heterocycles. The van der Waals surface area contributed by atoms with Crippen molar-refractivity contribution in [2.24, 2.45) is 5.41 Å². The van der Waals surface area contributed by atoms with Crippen LogP contribution in [0.5, 0.6) is 0 Å². The van der Waals surface area contributed by atoms with Crippen LogP contribution in [-0.4, -0.2) is 13.1 Å². The van der Waals surface area contributed by atoms with Gasteiger partial charge in [-0.3, -0.25) is 0 Å². The molecule has 1 nitrogen and oxygen atoms in total. The molecule has 1 atom stereocenters. The maximum absolute atomic E-state index is 3.51. The number of nitrogens with one attached hydrogen (secondary N) is 1. The zero-order chi connectivity index (χ0) is 11.1. The lowest BCUT2D eigenvalue weighted by molar-refractivity contribution is 0.362. The lowest BCUT2D eigenvalue weighted by Gasteiger charge is -2.27. The Balaban J connectivity index is 2.40. The summed E-state index contributed by atoms with van der Waals surface area (Å²) in [6, 6.07) is 6.81. The van der Waals surface area contributed by atoms with Gasteiger partial charge in [-0.2, -0.15) is 0 Å². The maximum atomic E-state index is 3.51. The molecule has 0 radical (unpaired) electrons. The highest BCUT2D eigenvalue weighted by Gasteiger charge is 2.35. The predicted octanol–water partition coefficient (Wildman–Crippen LogP) is 3.02. The highest BCUT2D eigenvalue weighted by atomic mass is 14.9. The third kappa shape index (κ3) is 1.93. The van der Waals surface area contributed by atoms with Gasteiger partial charge in [-0.1, -0.05) is 37.6 Å². The molecule has 1 fully saturated rings. The van der Waals surface area contributed by atoms with Crippen LogP contribution < -0.4 is 5.32 Å². The van der Waals surface area contributed by atoms with E-state index in [0.717, 1.165) is 13.1 Å². The fourth-order valence-electron chi connectivity index (χ4n) is 2.60. The number of hydrogen-bond acceptors (Lipinski definition) is 1. The molecule has 0 spiro atoms. The van der Waals surface area contributed by atoms with Crippen molar-refractivity contribution in [3.8, 4) is 0 Å². The number of rotatable bonds is 1. The molecule has 1 aromatic carbocycles. The van der Waals surface area contributed by atoms with E-state index in [2.05, 4.69) is 51.2 Å². The van der Waals surface area contributed by atoms with E-state index in [1.807, 2.05) is 0 Å². The Labute approximate surface area is 92.9 Å². The Morgan fingerprint density at radius 3 is 2.60 bits per heavy atom. The normalized spacial score (nSPS) is 24.4. The van der Waals surface area contributed by atoms with Gasteiger partial charge in [0.1, 0.15) is 0 Å². The van der Waals surface area contributed by atoms with Crippen molar-refractivity contribution < 1.29 is 0 Å². The lowest BCUT2D eigenvalue weighted by atomic mass is 9.76. The minimum absolute atomic E-state index is 0.387. The second-order valence-electron chi connectivity index (χ2n) is 5.53. The smallest absolute Gasteiger partial charge is 0.00295 e. The molecular formula is C14H21N. The van der Waals surface area contributed by atoms with Crippen LogP contribution in [0.4, 0.5) is 0 Å². The summed E-state index contributed by atoms with van der Waals surface area (Å²) in [5.74, 6) is 0.664. The lowest BCUT2D eigenvalue weighted by Crippen LogP contribution is -2.21. The van der Waals surface area contributed by atoms with E-state index in [0.29, 0.717) is 11.3 Å². The molecule has 2 rings (SSSR count). The molecule has 1 aliphatic rings. The van der Waals surface area contributed by atoms with Crippen LogP contribution in [0.1, 0.15) is 36.5 Å². The monoisotopic (exact) mass is 203 g/mol. The van der Waals surface area contributed by atoms with Crippen molar-refractivity contribution in [3.05, 3.63) is 34.9 Å². The average molecular weight is 203 g/mol. The average Bonchev–Trinajstić information content (AvgIpc) is 2.50. The molecule has 1 heteroatoms. The molecule has 1 aliphatic heterocycles. The van der Waals surface area contributed by atoms with Gasteiger partial charge >= 0.3 is 0 Å². The van der Waals surface area contributed by atoms with Crippen LogP contribution in [-0.2, 0) is 0 Å². The number of hydrogen-bond donors (Lipinski definition) is 1. The van der Waals surface area contributed by atoms with Gasteiger partial charge in [0.25, 0.3) is 0 Å². The van der Waals surface area contributed by atoms with Crippen molar-refractivity contribution in [2.75, 3.05) is 13.1 Å². The summed E-state index contributed by atoms with van der Waals surface area (Å²) in [7, 11) is 0. The Morgan fingerprint density at radius 2 is 2.00 bits per heavy atom. The van der Waals surface area contributed by atoms with Crippen LogP contribution >= 0.6 is 0 Å². The molecule has 15 heavy (non-hydrogen) atoms. The molecule has 0 aliphatic carbocycles. The van der Waals surface area contributed by atoms with E-state index in [1.165, 1.54) is 16.7 Å². The van der Waals surface area contributed by atoms with Gasteiger partial charge in [0.15, 0.2) is 0 Å². The molecule has 1 heterocycles. The van der Waals surface area contributed by atoms with E-state index in [9.17, 15) is 0 Å². The van der Waals surface area contributed by atoms with Crippen LogP contribution in [0, 0.1) is 19.3 Å². The van der Waals surface area contributed by atoms with E-state index >= 15 is 0 Å². The first-order valence-electron chi connectivity index (χ1n) is 5.78. The van der Waals surface area contributed by atoms with Crippen molar-refractivity contribution in [1.82, 2.24) is 5.32 Å². The molecule has 1 saturated heterocycles. The Bertz CT molecular complexity index is 366. The van der Waals surface area contributed by atoms with E-state index < -0.39 is 0 Å². The molecule has 82 valence electrons. The fraction of sp³-hybridized carbons (Fsp3) is 0.571. The van der Waals surface area contributed by atoms with E-state index in [4.69, 9.17) is 0 Å². The number of benzene rings is 1. The fourth-order valence-corrected chi connectivity index (χ4v) is 2.60. The summed E-state index contributed by atoms with van der Waals surface area (Å²) in [5.41, 5.74) is 4.73. The van der Waals surface area contributed by atoms with Crippen LogP contribution in [0.3, 0.4) is 0 Å². The van der Waals surface area contributed by atoms with Crippen molar-refractivity contribution in [1.29, 1.82) is 0 Å². The first-order valence-corrected chi connectivity index (χ1v) is 5.78. The van der Waals surface area contributed by atoms with Crippen LogP contribution in [0.2, 0.25) is 0 Å². The molecule has 1 unspecified atom stereocenters. The van der Waals surface area contributed by atoms with Gasteiger partial charge in [-0.05, 0) is 30.4 Å². The van der Waals surface area contributed by atoms with Gasteiger partial charge in [0.05, 0.1) is 0 Å². The van der Waals surface area contributed by atoms with E-state index in [-0.39, 0.29) is 0 Å². The van der Waals surface area contributed by atoms with Crippen molar-refractivity contribution in [3.63, 3.8) is 0 Å². The van der Waals surface area contributed by atoms with Gasteiger partial charge in [0, 0.05) is 19.0 Å². The summed E-state index contributed by atoms with van der Waals surface area (Å²) >= 11 is 0. The van der Waals surface area contributed by atoms with Crippen molar-refractivity contribution in [2.45, 2.75) is 33.6 Å². The second kappa shape index (κ2) is 3.64. The third-order valence-corrected chi connectivity index (χ3v) is 3.68. The molecular weight excluding hydrogens is 182 g/mol. The maximum Gasteiger partial charge on any atom is 0.00295 e. The van der Waals surface area contributed by atoms with Gasteiger partial charge in [0.2, 0.25) is 0 Å². The zero-order valence-electron chi connectivity index (χ0n) is 10.2. The quantitative estimate of drug-likeness (QED) is 0.740. The Kier molecular flexibility index (Phi) is 2.59. The highest BCUT2D eigenvalue weighted by molar-refractivity contribution is 5.35. The molecule has 0 saturated carbocycles. The minimum Gasteiger partial charge on any atom is -0.316 e. The summed E-state index contributed by atoms with van der Waals surface area (Å²) < 4.78 is 0. The predicted molar refractivity (Wildman–Crippen MR) is 65.3 cm³/mol. The SMILES string of the molecule is Cc1ccc(C)c(C2CNCC2(C)C)c1. The number of aryl methyl sites for hydroxylation is 2. The summed E-state index contributed by atoms with van der Waals surface area (Å²) in [4.78, 5) is 0. The molecule has 1 N–H and O–H groups in total. The topological polar surface area (TPSA) is 12.0 Å². The van der Waals surface area contributed by atoms with Gasteiger partial charge in [-0.25, -0.2) is 0 Å². The van der Waals surface area contributed by atoms with Crippen LogP contribution in [0.25, 0.3) is 0 Å². The standard InChI is InChI=1S/C14H21N/c1-10-5-6-11(2)12(7-10)13-8-15-9-14(13,3)4/h5-7,13,15H,8-9H2,1-4H3. The van der Waals surface area contributed by atoms with E-state index in [1.54, 1.807) is 0 Å². The molecule has 0 amide bonds. The Hall–Kier alpha value is -0.820. The Morgan fingerprint density at radius 1 is 1.27 bits per heavy atom. The van der Waals surface area contributed by atoms with Crippen LogP contribution in [0.15, 0.2) is 18.2 Å². The second-order valence-corrected chi connectivity index (χ2v) is 5.53. The largest absolute Gasteiger partial charge is 0.316 e. The summed E-state index contributed by atoms with van der Waals surface area (Å²) in [6.45, 7) is 11.4. The summed E-state index contributed by atoms with van der Waals surface area (Å²) in [6.07, 6.45) is 0. The first kappa shape index (κ1) is 10.7. The molecule has 1 aromatic rings. The van der Waals surface area contributed by atoms with Gasteiger partial charge < -0.3 is 5.32 Å². The van der Waals surface area contributed by atoms with Gasteiger partial charge in [-0.15, -0.1) is 0 Å². The first-order chi connectivity index (χ1) is 7.00. The zero-order valence-corrected chi connectivity index (χ0v) is 10.2. The minimum atomic E-state index is 0.387. The third-order valence-electron chi connectivity index (χ3n) is 3.68. The van der Waals surface area contributed by atoms with Crippen molar-refractivity contribution >= 4 is 0 Å². The summed E-state index contributed by atoms with van der Waals surface area (Å²) in [5, 5.41) is 3.51. The molecule has 0 bridgehead atoms. The highest BCUT2D eigenvalue weighted by Crippen LogP contribution is 2.39.